The minimum atomic E-state index is -0.376. The molecule has 1 atom stereocenters. The van der Waals surface area contributed by atoms with Crippen molar-refractivity contribution in [3.05, 3.63) is 305 Å². The summed E-state index contributed by atoms with van der Waals surface area (Å²) in [5, 5.41) is 21.4. The summed E-state index contributed by atoms with van der Waals surface area (Å²) in [5.41, 5.74) is 21.5. The molecular weight excluding hydrogens is 1100 g/mol. The van der Waals surface area contributed by atoms with Crippen molar-refractivity contribution in [2.24, 2.45) is 9.98 Å². The molecule has 0 radical (unpaired) electrons. The maximum Gasteiger partial charge on any atom is 0.201 e. The van der Waals surface area contributed by atoms with Gasteiger partial charge in [-0.2, -0.15) is 0 Å². The molecular formula is C86H73N5. The smallest absolute Gasteiger partial charge is 0.201 e. The van der Waals surface area contributed by atoms with Gasteiger partial charge in [0.25, 0.3) is 0 Å². The number of benzene rings is 12. The first-order valence-corrected chi connectivity index (χ1v) is 32.3. The van der Waals surface area contributed by atoms with Crippen LogP contribution >= 0.6 is 0 Å². The number of hydrogen-bond donors (Lipinski definition) is 1. The summed E-state index contributed by atoms with van der Waals surface area (Å²) in [7, 11) is 1.81. The van der Waals surface area contributed by atoms with Gasteiger partial charge >= 0.3 is 0 Å². The van der Waals surface area contributed by atoms with Crippen molar-refractivity contribution in [1.29, 1.82) is 0 Å². The Morgan fingerprint density at radius 1 is 0.527 bits per heavy atom. The number of aliphatic imine (C=N–C) groups is 1. The van der Waals surface area contributed by atoms with Gasteiger partial charge in [0, 0.05) is 61.1 Å². The summed E-state index contributed by atoms with van der Waals surface area (Å²) in [6, 6.07) is 87.1. The number of nitrogens with one attached hydrogen (secondary N) is 1. The van der Waals surface area contributed by atoms with E-state index in [4.69, 9.17) is 4.99 Å². The number of aromatic nitrogens is 2. The zero-order chi connectivity index (χ0) is 62.1. The third-order valence-corrected chi connectivity index (χ3v) is 19.1. The molecule has 18 rings (SSSR count). The maximum atomic E-state index is 5.69. The molecule has 2 aliphatic carbocycles. The van der Waals surface area contributed by atoms with Crippen molar-refractivity contribution in [2.75, 3.05) is 7.05 Å². The lowest BCUT2D eigenvalue weighted by molar-refractivity contribution is 0.491. The Balaban J connectivity index is 0.000000384. The molecule has 0 fully saturated rings. The molecule has 0 saturated heterocycles. The Morgan fingerprint density at radius 2 is 1.07 bits per heavy atom. The van der Waals surface area contributed by atoms with Crippen molar-refractivity contribution in [1.82, 2.24) is 14.3 Å². The Bertz CT molecular complexity index is 5630. The lowest BCUT2D eigenvalue weighted by Crippen LogP contribution is -2.42. The quantitative estimate of drug-likeness (QED) is 0.104. The molecule has 0 spiro atoms. The highest BCUT2D eigenvalue weighted by molar-refractivity contribution is 6.25. The molecule has 5 nitrogen and oxygen atoms in total. The van der Waals surface area contributed by atoms with Crippen molar-refractivity contribution in [3.8, 4) is 11.1 Å². The average molecular weight is 1180 g/mol. The Labute approximate surface area is 532 Å². The van der Waals surface area contributed by atoms with E-state index < -0.39 is 0 Å². The van der Waals surface area contributed by atoms with Crippen LogP contribution in [0.15, 0.2) is 271 Å². The second-order valence-electron chi connectivity index (χ2n) is 25.0. The summed E-state index contributed by atoms with van der Waals surface area (Å²) < 4.78 is 4.93. The Morgan fingerprint density at radius 3 is 1.75 bits per heavy atom. The number of fused-ring (bicyclic) bond motifs is 20. The molecule has 1 aliphatic heterocycles. The van der Waals surface area contributed by atoms with Crippen LogP contribution in [-0.4, -0.2) is 21.7 Å². The molecule has 0 bridgehead atoms. The summed E-state index contributed by atoms with van der Waals surface area (Å²) >= 11 is 0. The first-order valence-electron chi connectivity index (χ1n) is 32.3. The van der Waals surface area contributed by atoms with Gasteiger partial charge < -0.3 is 14.3 Å². The standard InChI is InChI=1S/C71H48N4.C9H11N.C3H8.C3H6/c1-71(2)59-35-32-46-38-58-54-24-14-23-53-49-19-10-12-25-61(49)74(69(53)54)64(58)40-56(46)65(59)55-34-31-45(39-60(55)71)42-29-27-41(28-30-42)44-33-36-63-57(37-44)50-20-11-13-26-62(50)75(63)70-72-67(43-15-4-3-5-16-43)66-51-21-8-6-17-47(51)48-18-7-9-22-52(48)68(66)73-70;1-8(10-2)9-6-4-3-5-7-9;2*1-3-2/h3-27,29,31-40,70,72H,28,30H2,1-2H3;3-7H,1-2H3;3H2,1-2H3;3H,1H2,2H3. The lowest BCUT2D eigenvalue weighted by Gasteiger charge is -2.26. The Kier molecular flexibility index (Phi) is 14.4. The largest absolute Gasteiger partial charge is 0.345 e. The number of rotatable bonds is 5. The van der Waals surface area contributed by atoms with Crippen LogP contribution in [0.1, 0.15) is 100 Å². The van der Waals surface area contributed by atoms with Crippen LogP contribution in [0.5, 0.6) is 0 Å². The Hall–Kier alpha value is -10.6. The number of para-hydroxylation sites is 3. The summed E-state index contributed by atoms with van der Waals surface area (Å²) in [6.45, 7) is 16.3. The molecule has 1 unspecified atom stereocenters. The summed E-state index contributed by atoms with van der Waals surface area (Å²) in [4.78, 5) is 9.77. The van der Waals surface area contributed by atoms with Gasteiger partial charge in [0.1, 0.15) is 0 Å². The predicted molar refractivity (Wildman–Crippen MR) is 391 cm³/mol. The SMILES string of the molecule is C=CC.CC1(C)c2cc(C3=CC=C(c4ccc5c(c4)c4ccccc4n5C4N=c5c(c6ccccc6c6ccccc56)=C(c5ccccc5)N4)CC3)ccc2-c2c1ccc1cc3c4cccc5c6ccccc6n(c3cc21)c54.CCC.CN=C(C)c1ccccc1. The molecule has 0 amide bonds. The minimum absolute atomic E-state index is 0.137. The van der Waals surface area contributed by atoms with Gasteiger partial charge in [-0.3, -0.25) is 4.99 Å². The van der Waals surface area contributed by atoms with Crippen LogP contribution < -0.4 is 15.9 Å². The third-order valence-electron chi connectivity index (χ3n) is 19.1. The van der Waals surface area contributed by atoms with Crippen LogP contribution in [0.4, 0.5) is 0 Å². The van der Waals surface area contributed by atoms with E-state index in [2.05, 4.69) is 284 Å². The average Bonchev–Trinajstić information content (AvgIpc) is 1.59. The normalized spacial score (nSPS) is 14.9. The van der Waals surface area contributed by atoms with Crippen LogP contribution in [0.3, 0.4) is 0 Å². The van der Waals surface area contributed by atoms with E-state index in [0.29, 0.717) is 0 Å². The summed E-state index contributed by atoms with van der Waals surface area (Å²) in [6.07, 6.45) is 9.35. The molecule has 3 aliphatic rings. The molecule has 4 heterocycles. The van der Waals surface area contributed by atoms with Gasteiger partial charge in [0.2, 0.25) is 6.29 Å². The fourth-order valence-electron chi connectivity index (χ4n) is 14.9. The topological polar surface area (TPSA) is 46.1 Å². The van der Waals surface area contributed by atoms with Crippen LogP contribution in [0, 0.1) is 0 Å². The zero-order valence-electron chi connectivity index (χ0n) is 52.9. The monoisotopic (exact) mass is 1180 g/mol. The first kappa shape index (κ1) is 56.9. The highest BCUT2D eigenvalue weighted by atomic mass is 15.3. The number of nitrogens with zero attached hydrogens (tertiary/aromatic N) is 4. The first-order chi connectivity index (χ1) is 44.6. The second-order valence-corrected chi connectivity index (χ2v) is 25.0. The third kappa shape index (κ3) is 9.27. The number of hydrogen-bond acceptors (Lipinski definition) is 3. The fourth-order valence-corrected chi connectivity index (χ4v) is 14.9. The summed E-state index contributed by atoms with van der Waals surface area (Å²) in [5.74, 6) is 0. The molecule has 15 aromatic rings. The predicted octanol–water partition coefficient (Wildman–Crippen LogP) is 21.2. The molecule has 91 heavy (non-hydrogen) atoms. The molecule has 3 aromatic heterocycles. The van der Waals surface area contributed by atoms with Gasteiger partial charge in [-0.25, -0.2) is 4.99 Å². The van der Waals surface area contributed by atoms with Crippen molar-refractivity contribution in [3.63, 3.8) is 0 Å². The highest BCUT2D eigenvalue weighted by Gasteiger charge is 2.37. The molecule has 442 valence electrons. The van der Waals surface area contributed by atoms with Crippen LogP contribution in [-0.2, 0) is 5.41 Å². The van der Waals surface area contributed by atoms with Crippen LogP contribution in [0.25, 0.3) is 120 Å². The van der Waals surface area contributed by atoms with E-state index in [1.54, 1.807) is 6.08 Å². The molecule has 0 saturated carbocycles. The van der Waals surface area contributed by atoms with Crippen molar-refractivity contribution < 1.29 is 0 Å². The zero-order valence-corrected chi connectivity index (χ0v) is 52.9. The second kappa shape index (κ2) is 23.1. The fraction of sp³-hybridized carbons (Fsp3) is 0.140. The van der Waals surface area contributed by atoms with E-state index in [-0.39, 0.29) is 11.7 Å². The minimum Gasteiger partial charge on any atom is -0.345 e. The van der Waals surface area contributed by atoms with E-state index in [1.165, 1.54) is 138 Å². The maximum absolute atomic E-state index is 5.69. The van der Waals surface area contributed by atoms with Gasteiger partial charge in [-0.05, 0) is 152 Å². The van der Waals surface area contributed by atoms with Crippen molar-refractivity contribution >= 4 is 115 Å². The van der Waals surface area contributed by atoms with Gasteiger partial charge in [0.05, 0.1) is 38.6 Å². The highest BCUT2D eigenvalue weighted by Crippen LogP contribution is 2.53. The van der Waals surface area contributed by atoms with Gasteiger partial charge in [0.15, 0.2) is 0 Å². The molecule has 5 heteroatoms. The molecule has 1 N–H and O–H groups in total. The molecule has 12 aromatic carbocycles. The van der Waals surface area contributed by atoms with E-state index in [9.17, 15) is 0 Å². The number of allylic oxidation sites excluding steroid dienone is 5. The van der Waals surface area contributed by atoms with Gasteiger partial charge in [-0.15, -0.1) is 6.58 Å². The van der Waals surface area contributed by atoms with E-state index in [1.807, 2.05) is 39.1 Å². The van der Waals surface area contributed by atoms with Gasteiger partial charge in [-0.1, -0.05) is 246 Å². The van der Waals surface area contributed by atoms with E-state index >= 15 is 0 Å². The van der Waals surface area contributed by atoms with Crippen LogP contribution in [0.2, 0.25) is 0 Å². The lowest BCUT2D eigenvalue weighted by atomic mass is 9.80. The van der Waals surface area contributed by atoms with E-state index in [0.717, 1.165) is 51.4 Å². The van der Waals surface area contributed by atoms with Crippen molar-refractivity contribution in [2.45, 2.75) is 72.5 Å².